The van der Waals surface area contributed by atoms with Crippen LogP contribution in [0.1, 0.15) is 21.7 Å². The molecule has 0 aliphatic carbocycles. The first-order chi connectivity index (χ1) is 8.04. The highest BCUT2D eigenvalue weighted by Crippen LogP contribution is 2.29. The third-order valence-corrected chi connectivity index (χ3v) is 2.92. The van der Waals surface area contributed by atoms with Gasteiger partial charge >= 0.3 is 0 Å². The minimum absolute atomic E-state index is 0.353. The van der Waals surface area contributed by atoms with Crippen molar-refractivity contribution in [2.24, 2.45) is 7.05 Å². The van der Waals surface area contributed by atoms with E-state index in [-0.39, 0.29) is 5.82 Å². The first-order valence-electron chi connectivity index (χ1n) is 5.30. The number of halogens is 1. The molecule has 4 heteroatoms. The molecule has 0 radical (unpaired) electrons. The second kappa shape index (κ2) is 4.13. The van der Waals surface area contributed by atoms with Gasteiger partial charge in [-0.1, -0.05) is 0 Å². The van der Waals surface area contributed by atoms with E-state index in [2.05, 4.69) is 5.10 Å². The molecule has 0 saturated heterocycles. The van der Waals surface area contributed by atoms with Gasteiger partial charge in [0, 0.05) is 23.9 Å². The summed E-state index contributed by atoms with van der Waals surface area (Å²) >= 11 is 0. The lowest BCUT2D eigenvalue weighted by Gasteiger charge is -2.05. The summed E-state index contributed by atoms with van der Waals surface area (Å²) in [4.78, 5) is 11.0. The summed E-state index contributed by atoms with van der Waals surface area (Å²) < 4.78 is 15.0. The Bertz CT molecular complexity index is 587. The molecule has 0 fully saturated rings. The van der Waals surface area contributed by atoms with E-state index in [4.69, 9.17) is 0 Å². The fourth-order valence-electron chi connectivity index (χ4n) is 2.01. The van der Waals surface area contributed by atoms with Gasteiger partial charge in [-0.15, -0.1) is 0 Å². The van der Waals surface area contributed by atoms with E-state index < -0.39 is 0 Å². The molecule has 0 bridgehead atoms. The molecule has 1 aromatic carbocycles. The Morgan fingerprint density at radius 3 is 2.59 bits per heavy atom. The number of hydrogen-bond acceptors (Lipinski definition) is 2. The van der Waals surface area contributed by atoms with Gasteiger partial charge in [0.15, 0.2) is 6.29 Å². The zero-order valence-electron chi connectivity index (χ0n) is 9.99. The van der Waals surface area contributed by atoms with Crippen LogP contribution in [0.15, 0.2) is 18.2 Å². The van der Waals surface area contributed by atoms with E-state index >= 15 is 0 Å². The van der Waals surface area contributed by atoms with E-state index in [1.807, 2.05) is 20.9 Å². The summed E-state index contributed by atoms with van der Waals surface area (Å²) in [6.45, 7) is 3.75. The van der Waals surface area contributed by atoms with Crippen LogP contribution in [0.4, 0.5) is 4.39 Å². The fourth-order valence-corrected chi connectivity index (χ4v) is 2.01. The summed E-state index contributed by atoms with van der Waals surface area (Å²) in [6, 6.07) is 4.15. The van der Waals surface area contributed by atoms with Crippen molar-refractivity contribution in [3.8, 4) is 11.1 Å². The number of aryl methyl sites for hydroxylation is 2. The van der Waals surface area contributed by atoms with Crippen molar-refractivity contribution in [2.75, 3.05) is 0 Å². The molecular weight excluding hydrogens is 219 g/mol. The van der Waals surface area contributed by atoms with Crippen LogP contribution in [0.25, 0.3) is 11.1 Å². The number of aldehydes is 1. The van der Waals surface area contributed by atoms with E-state index in [1.54, 1.807) is 4.68 Å². The number of carbonyl (C=O) groups is 1. The van der Waals surface area contributed by atoms with Gasteiger partial charge in [0.1, 0.15) is 5.82 Å². The molecule has 0 aliphatic rings. The first kappa shape index (κ1) is 11.5. The fraction of sp³-hybridized carbons (Fsp3) is 0.231. The van der Waals surface area contributed by atoms with Gasteiger partial charge in [0.2, 0.25) is 0 Å². The van der Waals surface area contributed by atoms with Gasteiger partial charge in [-0.2, -0.15) is 5.10 Å². The van der Waals surface area contributed by atoms with Gasteiger partial charge in [-0.25, -0.2) is 4.39 Å². The number of rotatable bonds is 2. The first-order valence-corrected chi connectivity index (χ1v) is 5.30. The standard InChI is InChI=1S/C13H13FN2O/c1-8-13(9(2)16(3)15-8)12-6-11(14)5-4-10(12)7-17/h4-7H,1-3H3. The maximum absolute atomic E-state index is 13.3. The molecule has 0 amide bonds. The van der Waals surface area contributed by atoms with Gasteiger partial charge in [-0.3, -0.25) is 9.48 Å². The summed E-state index contributed by atoms with van der Waals surface area (Å²) in [5.74, 6) is -0.353. The van der Waals surface area contributed by atoms with Gasteiger partial charge < -0.3 is 0 Å². The molecule has 0 unspecified atom stereocenters. The number of carbonyl (C=O) groups excluding carboxylic acids is 1. The molecule has 1 heterocycles. The van der Waals surface area contributed by atoms with Crippen molar-refractivity contribution in [1.29, 1.82) is 0 Å². The summed E-state index contributed by atoms with van der Waals surface area (Å²) in [5, 5.41) is 4.27. The second-order valence-electron chi connectivity index (χ2n) is 4.02. The molecule has 2 aromatic rings. The Morgan fingerprint density at radius 1 is 1.35 bits per heavy atom. The van der Waals surface area contributed by atoms with E-state index in [1.165, 1.54) is 18.2 Å². The van der Waals surface area contributed by atoms with Crippen molar-refractivity contribution >= 4 is 6.29 Å². The van der Waals surface area contributed by atoms with Crippen molar-refractivity contribution in [3.63, 3.8) is 0 Å². The summed E-state index contributed by atoms with van der Waals surface area (Å²) in [6.07, 6.45) is 0.737. The molecule has 0 saturated carbocycles. The van der Waals surface area contributed by atoms with E-state index in [0.29, 0.717) is 11.1 Å². The second-order valence-corrected chi connectivity index (χ2v) is 4.02. The lowest BCUT2D eigenvalue weighted by Crippen LogP contribution is -1.94. The van der Waals surface area contributed by atoms with Crippen molar-refractivity contribution in [3.05, 3.63) is 41.0 Å². The molecule has 0 aliphatic heterocycles. The van der Waals surface area contributed by atoms with Crippen LogP contribution in [0.3, 0.4) is 0 Å². The Kier molecular flexibility index (Phi) is 2.79. The van der Waals surface area contributed by atoms with E-state index in [0.717, 1.165) is 23.2 Å². The molecule has 0 N–H and O–H groups in total. The summed E-state index contributed by atoms with van der Waals surface area (Å²) in [5.41, 5.74) is 3.61. The van der Waals surface area contributed by atoms with Crippen molar-refractivity contribution in [1.82, 2.24) is 9.78 Å². The highest BCUT2D eigenvalue weighted by atomic mass is 19.1. The van der Waals surface area contributed by atoms with Gasteiger partial charge in [-0.05, 0) is 37.6 Å². The predicted octanol–water partition coefficient (Wildman–Crippen LogP) is 2.66. The maximum atomic E-state index is 13.3. The molecular formula is C13H13FN2O. The Balaban J connectivity index is 2.75. The number of aromatic nitrogens is 2. The topological polar surface area (TPSA) is 34.9 Å². The van der Waals surface area contributed by atoms with Gasteiger partial charge in [0.05, 0.1) is 5.69 Å². The van der Waals surface area contributed by atoms with Crippen LogP contribution in [-0.2, 0) is 7.05 Å². The lowest BCUT2D eigenvalue weighted by molar-refractivity contribution is 0.112. The van der Waals surface area contributed by atoms with Crippen LogP contribution >= 0.6 is 0 Å². The molecule has 0 spiro atoms. The average Bonchev–Trinajstić information content (AvgIpc) is 2.53. The van der Waals surface area contributed by atoms with Crippen LogP contribution in [0, 0.1) is 19.7 Å². The summed E-state index contributed by atoms with van der Waals surface area (Å²) in [7, 11) is 1.83. The Labute approximate surface area is 98.9 Å². The SMILES string of the molecule is Cc1nn(C)c(C)c1-c1cc(F)ccc1C=O. The zero-order valence-corrected chi connectivity index (χ0v) is 9.99. The zero-order chi connectivity index (χ0) is 12.6. The minimum atomic E-state index is -0.353. The van der Waals surface area contributed by atoms with Crippen LogP contribution in [-0.4, -0.2) is 16.1 Å². The van der Waals surface area contributed by atoms with Crippen molar-refractivity contribution in [2.45, 2.75) is 13.8 Å². The molecule has 1 aromatic heterocycles. The maximum Gasteiger partial charge on any atom is 0.150 e. The number of nitrogens with zero attached hydrogens (tertiary/aromatic N) is 2. The molecule has 17 heavy (non-hydrogen) atoms. The minimum Gasteiger partial charge on any atom is -0.298 e. The number of benzene rings is 1. The largest absolute Gasteiger partial charge is 0.298 e. The van der Waals surface area contributed by atoms with Crippen LogP contribution in [0.2, 0.25) is 0 Å². The van der Waals surface area contributed by atoms with Gasteiger partial charge in [0.25, 0.3) is 0 Å². The van der Waals surface area contributed by atoms with Crippen molar-refractivity contribution < 1.29 is 9.18 Å². The highest BCUT2D eigenvalue weighted by molar-refractivity contribution is 5.88. The Hall–Kier alpha value is -1.97. The highest BCUT2D eigenvalue weighted by Gasteiger charge is 2.15. The smallest absolute Gasteiger partial charge is 0.150 e. The third kappa shape index (κ3) is 1.86. The van der Waals surface area contributed by atoms with Crippen LogP contribution < -0.4 is 0 Å². The third-order valence-electron chi connectivity index (χ3n) is 2.92. The van der Waals surface area contributed by atoms with Crippen LogP contribution in [0.5, 0.6) is 0 Å². The average molecular weight is 232 g/mol. The van der Waals surface area contributed by atoms with E-state index in [9.17, 15) is 9.18 Å². The molecule has 0 atom stereocenters. The lowest BCUT2D eigenvalue weighted by atomic mass is 9.98. The monoisotopic (exact) mass is 232 g/mol. The molecule has 88 valence electrons. The predicted molar refractivity (Wildman–Crippen MR) is 63.5 cm³/mol. The molecule has 2 rings (SSSR count). The normalized spacial score (nSPS) is 10.6. The quantitative estimate of drug-likeness (QED) is 0.746. The number of hydrogen-bond donors (Lipinski definition) is 0. The molecule has 3 nitrogen and oxygen atoms in total. The Morgan fingerprint density at radius 2 is 2.06 bits per heavy atom.